The van der Waals surface area contributed by atoms with Gasteiger partial charge in [-0.1, -0.05) is 26.0 Å². The number of carbonyl (C=O) groups is 1. The highest BCUT2D eigenvalue weighted by Crippen LogP contribution is 2.18. The minimum atomic E-state index is 0.111. The summed E-state index contributed by atoms with van der Waals surface area (Å²) in [6.07, 6.45) is 0. The Bertz CT molecular complexity index is 413. The number of rotatable bonds is 6. The molecule has 0 aliphatic heterocycles. The Labute approximate surface area is 117 Å². The van der Waals surface area contributed by atoms with E-state index in [0.717, 1.165) is 24.3 Å². The molecule has 106 valence electrons. The number of hydrogen-bond donors (Lipinski definition) is 1. The van der Waals surface area contributed by atoms with Crippen molar-refractivity contribution in [3.05, 3.63) is 29.8 Å². The number of hydrogen-bond acceptors (Lipinski definition) is 2. The van der Waals surface area contributed by atoms with Crippen molar-refractivity contribution in [3.63, 3.8) is 0 Å². The van der Waals surface area contributed by atoms with Gasteiger partial charge in [-0.2, -0.15) is 0 Å². The lowest BCUT2D eigenvalue weighted by Crippen LogP contribution is -2.34. The van der Waals surface area contributed by atoms with Gasteiger partial charge in [0.15, 0.2) is 0 Å². The zero-order chi connectivity index (χ0) is 14.4. The smallest absolute Gasteiger partial charge is 0.255 e. The third-order valence-corrected chi connectivity index (χ3v) is 2.86. The fourth-order valence-corrected chi connectivity index (χ4v) is 2.07. The molecular formula is C16H26N2O. The van der Waals surface area contributed by atoms with Crippen LogP contribution in [0.3, 0.4) is 0 Å². The summed E-state index contributed by atoms with van der Waals surface area (Å²) in [5, 5.41) is 3.34. The van der Waals surface area contributed by atoms with Gasteiger partial charge in [0.25, 0.3) is 5.91 Å². The predicted octanol–water partition coefficient (Wildman–Crippen LogP) is 3.63. The van der Waals surface area contributed by atoms with E-state index in [1.807, 2.05) is 36.1 Å². The van der Waals surface area contributed by atoms with Crippen LogP contribution in [0.5, 0.6) is 0 Å². The van der Waals surface area contributed by atoms with Gasteiger partial charge in [0, 0.05) is 24.8 Å². The molecule has 3 nitrogen and oxygen atoms in total. The summed E-state index contributed by atoms with van der Waals surface area (Å²) in [6.45, 7) is 12.0. The SMILES string of the molecule is CCN(CC(C)C)C(=O)c1ccccc1NC(C)C. The molecule has 0 saturated heterocycles. The maximum absolute atomic E-state index is 12.6. The van der Waals surface area contributed by atoms with Crippen LogP contribution in [-0.4, -0.2) is 29.9 Å². The molecule has 0 bridgehead atoms. The maximum atomic E-state index is 12.6. The van der Waals surface area contributed by atoms with E-state index < -0.39 is 0 Å². The Morgan fingerprint density at radius 1 is 1.21 bits per heavy atom. The van der Waals surface area contributed by atoms with Crippen molar-refractivity contribution in [2.75, 3.05) is 18.4 Å². The Morgan fingerprint density at radius 3 is 2.37 bits per heavy atom. The molecule has 0 spiro atoms. The second kappa shape index (κ2) is 7.17. The summed E-state index contributed by atoms with van der Waals surface area (Å²) in [6, 6.07) is 8.06. The summed E-state index contributed by atoms with van der Waals surface area (Å²) < 4.78 is 0. The van der Waals surface area contributed by atoms with Crippen molar-refractivity contribution in [3.8, 4) is 0 Å². The Balaban J connectivity index is 2.97. The monoisotopic (exact) mass is 262 g/mol. The summed E-state index contributed by atoms with van der Waals surface area (Å²) >= 11 is 0. The quantitative estimate of drug-likeness (QED) is 0.849. The molecule has 0 aliphatic rings. The minimum absolute atomic E-state index is 0.111. The predicted molar refractivity (Wildman–Crippen MR) is 81.6 cm³/mol. The third kappa shape index (κ3) is 4.58. The van der Waals surface area contributed by atoms with Gasteiger partial charge in [-0.3, -0.25) is 4.79 Å². The van der Waals surface area contributed by atoms with Crippen molar-refractivity contribution in [2.24, 2.45) is 5.92 Å². The standard InChI is InChI=1S/C16H26N2O/c1-6-18(11-12(2)3)16(19)14-9-7-8-10-15(14)17-13(4)5/h7-10,12-13,17H,6,11H2,1-5H3. The number of anilines is 1. The third-order valence-electron chi connectivity index (χ3n) is 2.86. The van der Waals surface area contributed by atoms with Crippen molar-refractivity contribution in [1.82, 2.24) is 4.90 Å². The fraction of sp³-hybridized carbons (Fsp3) is 0.562. The number of nitrogens with zero attached hydrogens (tertiary/aromatic N) is 1. The number of carbonyl (C=O) groups excluding carboxylic acids is 1. The first-order chi connectivity index (χ1) is 8.95. The van der Waals surface area contributed by atoms with Gasteiger partial charge in [0.2, 0.25) is 0 Å². The molecule has 0 aromatic heterocycles. The van der Waals surface area contributed by atoms with Crippen LogP contribution in [-0.2, 0) is 0 Å². The van der Waals surface area contributed by atoms with Gasteiger partial charge in [-0.15, -0.1) is 0 Å². The molecule has 0 saturated carbocycles. The second-order valence-corrected chi connectivity index (χ2v) is 5.58. The number of amides is 1. The Morgan fingerprint density at radius 2 is 1.84 bits per heavy atom. The first-order valence-electron chi connectivity index (χ1n) is 7.10. The Kier molecular flexibility index (Phi) is 5.87. The van der Waals surface area contributed by atoms with Crippen molar-refractivity contribution < 1.29 is 4.79 Å². The van der Waals surface area contributed by atoms with Gasteiger partial charge in [-0.05, 0) is 38.8 Å². The largest absolute Gasteiger partial charge is 0.382 e. The highest BCUT2D eigenvalue weighted by molar-refractivity contribution is 5.99. The van der Waals surface area contributed by atoms with E-state index >= 15 is 0 Å². The first-order valence-corrected chi connectivity index (χ1v) is 7.10. The highest BCUT2D eigenvalue weighted by Gasteiger charge is 2.18. The van der Waals surface area contributed by atoms with Gasteiger partial charge < -0.3 is 10.2 Å². The van der Waals surface area contributed by atoms with Crippen molar-refractivity contribution >= 4 is 11.6 Å². The molecule has 0 heterocycles. The molecule has 1 aromatic rings. The van der Waals surface area contributed by atoms with Gasteiger partial charge in [0.1, 0.15) is 0 Å². The average molecular weight is 262 g/mol. The summed E-state index contributed by atoms with van der Waals surface area (Å²) in [4.78, 5) is 14.5. The van der Waals surface area contributed by atoms with E-state index in [0.29, 0.717) is 12.0 Å². The highest BCUT2D eigenvalue weighted by atomic mass is 16.2. The van der Waals surface area contributed by atoms with Crippen LogP contribution in [0.2, 0.25) is 0 Å². The average Bonchev–Trinajstić information content (AvgIpc) is 2.35. The molecule has 0 unspecified atom stereocenters. The molecule has 19 heavy (non-hydrogen) atoms. The topological polar surface area (TPSA) is 32.3 Å². The van der Waals surface area contributed by atoms with E-state index in [-0.39, 0.29) is 5.91 Å². The van der Waals surface area contributed by atoms with E-state index in [9.17, 15) is 4.79 Å². The van der Waals surface area contributed by atoms with Gasteiger partial charge >= 0.3 is 0 Å². The molecular weight excluding hydrogens is 236 g/mol. The Hall–Kier alpha value is -1.51. The lowest BCUT2D eigenvalue weighted by molar-refractivity contribution is 0.0746. The molecule has 1 amide bonds. The fourth-order valence-electron chi connectivity index (χ4n) is 2.07. The van der Waals surface area contributed by atoms with Crippen LogP contribution in [0.25, 0.3) is 0 Å². The van der Waals surface area contributed by atoms with Crippen molar-refractivity contribution in [2.45, 2.75) is 40.7 Å². The summed E-state index contributed by atoms with van der Waals surface area (Å²) in [7, 11) is 0. The molecule has 1 rings (SSSR count). The van der Waals surface area contributed by atoms with Crippen LogP contribution in [0, 0.1) is 5.92 Å². The van der Waals surface area contributed by atoms with Crippen LogP contribution >= 0.6 is 0 Å². The second-order valence-electron chi connectivity index (χ2n) is 5.58. The molecule has 1 aromatic carbocycles. The summed E-state index contributed by atoms with van der Waals surface area (Å²) in [5.74, 6) is 0.592. The van der Waals surface area contributed by atoms with Crippen LogP contribution in [0.4, 0.5) is 5.69 Å². The van der Waals surface area contributed by atoms with Crippen LogP contribution in [0.15, 0.2) is 24.3 Å². The number of para-hydroxylation sites is 1. The maximum Gasteiger partial charge on any atom is 0.255 e. The lowest BCUT2D eigenvalue weighted by Gasteiger charge is -2.24. The van der Waals surface area contributed by atoms with E-state index in [1.54, 1.807) is 0 Å². The first kappa shape index (κ1) is 15.5. The number of benzene rings is 1. The zero-order valence-electron chi connectivity index (χ0n) is 12.7. The zero-order valence-corrected chi connectivity index (χ0v) is 12.7. The molecule has 3 heteroatoms. The van der Waals surface area contributed by atoms with E-state index in [1.165, 1.54) is 0 Å². The normalized spacial score (nSPS) is 10.9. The molecule has 1 N–H and O–H groups in total. The summed E-state index contributed by atoms with van der Waals surface area (Å²) in [5.41, 5.74) is 1.68. The molecule has 0 aliphatic carbocycles. The van der Waals surface area contributed by atoms with Crippen molar-refractivity contribution in [1.29, 1.82) is 0 Å². The molecule has 0 atom stereocenters. The minimum Gasteiger partial charge on any atom is -0.382 e. The van der Waals surface area contributed by atoms with E-state index in [4.69, 9.17) is 0 Å². The van der Waals surface area contributed by atoms with E-state index in [2.05, 4.69) is 33.0 Å². The molecule has 0 radical (unpaired) electrons. The van der Waals surface area contributed by atoms with Crippen LogP contribution < -0.4 is 5.32 Å². The molecule has 0 fully saturated rings. The van der Waals surface area contributed by atoms with Gasteiger partial charge in [0.05, 0.1) is 5.56 Å². The lowest BCUT2D eigenvalue weighted by atomic mass is 10.1. The van der Waals surface area contributed by atoms with Crippen LogP contribution in [0.1, 0.15) is 45.0 Å². The van der Waals surface area contributed by atoms with Gasteiger partial charge in [-0.25, -0.2) is 0 Å². The number of nitrogens with one attached hydrogen (secondary N) is 1.